The number of allylic oxidation sites excluding steroid dienone is 3. The van der Waals surface area contributed by atoms with E-state index in [1.807, 2.05) is 24.3 Å². The molecule has 162 valence electrons. The lowest BCUT2D eigenvalue weighted by atomic mass is 9.99. The van der Waals surface area contributed by atoms with E-state index in [0.717, 1.165) is 29.6 Å². The van der Waals surface area contributed by atoms with Crippen molar-refractivity contribution in [1.29, 1.82) is 0 Å². The van der Waals surface area contributed by atoms with E-state index < -0.39 is 5.82 Å². The lowest BCUT2D eigenvalue weighted by Gasteiger charge is -2.19. The first-order valence-electron chi connectivity index (χ1n) is 9.87. The van der Waals surface area contributed by atoms with Gasteiger partial charge in [0.1, 0.15) is 5.76 Å². The number of halogens is 1. The number of nitrogens with one attached hydrogen (secondary N) is 2. The number of hydrogen-bond donors (Lipinski definition) is 2. The van der Waals surface area contributed by atoms with Gasteiger partial charge in [0.05, 0.1) is 13.3 Å². The van der Waals surface area contributed by atoms with Gasteiger partial charge >= 0.3 is 0 Å². The van der Waals surface area contributed by atoms with Gasteiger partial charge in [-0.3, -0.25) is 4.79 Å². The number of hydrogen-bond acceptors (Lipinski definition) is 6. The molecule has 1 aromatic heterocycles. The fraction of sp³-hybridized carbons (Fsp3) is 0.261. The topological polar surface area (TPSA) is 79.4 Å². The second-order valence-corrected chi connectivity index (χ2v) is 7.36. The summed E-state index contributed by atoms with van der Waals surface area (Å²) in [6.45, 7) is 6.02. The van der Waals surface area contributed by atoms with Crippen LogP contribution < -0.4 is 10.6 Å². The standard InChI is InChI=1S/C23H26FN5O2/c1-5-21(30)29(3)14-16-6-8-17(9-7-16)26-22-20(24)13-25-23(28-22)27-18-10-15(2)11-19(12-18)31-4/h5-9,11-13,15H,1,10,14H2,2-4H3,(H2,25,26,27,28). The maximum Gasteiger partial charge on any atom is 0.245 e. The molecule has 1 heterocycles. The van der Waals surface area contributed by atoms with E-state index in [2.05, 4.69) is 34.1 Å². The maximum atomic E-state index is 14.3. The third-order valence-electron chi connectivity index (χ3n) is 4.75. The van der Waals surface area contributed by atoms with Crippen LogP contribution in [-0.4, -0.2) is 34.9 Å². The molecule has 7 nitrogen and oxygen atoms in total. The van der Waals surface area contributed by atoms with Crippen LogP contribution in [0.3, 0.4) is 0 Å². The number of amides is 1. The van der Waals surface area contributed by atoms with E-state index >= 15 is 0 Å². The van der Waals surface area contributed by atoms with Gasteiger partial charge in [0, 0.05) is 25.0 Å². The van der Waals surface area contributed by atoms with E-state index in [9.17, 15) is 9.18 Å². The first kappa shape index (κ1) is 22.0. The highest BCUT2D eigenvalue weighted by Crippen LogP contribution is 2.25. The Labute approximate surface area is 181 Å². The molecule has 0 bridgehead atoms. The molecule has 1 amide bonds. The van der Waals surface area contributed by atoms with Crippen LogP contribution in [0.15, 0.2) is 66.7 Å². The average molecular weight is 423 g/mol. The number of carbonyl (C=O) groups excluding carboxylic acids is 1. The Bertz CT molecular complexity index is 1020. The van der Waals surface area contributed by atoms with Crippen molar-refractivity contribution in [2.45, 2.75) is 19.9 Å². The van der Waals surface area contributed by atoms with E-state index in [-0.39, 0.29) is 11.7 Å². The molecule has 0 fully saturated rings. The molecule has 3 rings (SSSR count). The van der Waals surface area contributed by atoms with Crippen molar-refractivity contribution in [2.24, 2.45) is 5.92 Å². The fourth-order valence-electron chi connectivity index (χ4n) is 3.18. The minimum Gasteiger partial charge on any atom is -0.497 e. The highest BCUT2D eigenvalue weighted by atomic mass is 19.1. The number of carbonyl (C=O) groups is 1. The van der Waals surface area contributed by atoms with Crippen LogP contribution in [0.2, 0.25) is 0 Å². The zero-order valence-corrected chi connectivity index (χ0v) is 17.9. The summed E-state index contributed by atoms with van der Waals surface area (Å²) < 4.78 is 19.6. The van der Waals surface area contributed by atoms with Gasteiger partial charge in [-0.2, -0.15) is 4.98 Å². The van der Waals surface area contributed by atoms with Crippen molar-refractivity contribution in [3.63, 3.8) is 0 Å². The highest BCUT2D eigenvalue weighted by Gasteiger charge is 2.14. The smallest absolute Gasteiger partial charge is 0.245 e. The molecule has 0 spiro atoms. The third-order valence-corrected chi connectivity index (χ3v) is 4.75. The molecule has 1 unspecified atom stereocenters. The quantitative estimate of drug-likeness (QED) is 0.614. The minimum absolute atomic E-state index is 0.0659. The third kappa shape index (κ3) is 5.91. The predicted molar refractivity (Wildman–Crippen MR) is 119 cm³/mol. The molecule has 0 radical (unpaired) electrons. The predicted octanol–water partition coefficient (Wildman–Crippen LogP) is 4.37. The Morgan fingerprint density at radius 2 is 2.10 bits per heavy atom. The number of likely N-dealkylation sites (N-methyl/N-ethyl adjacent to an activating group) is 1. The first-order chi connectivity index (χ1) is 14.9. The molecule has 0 saturated heterocycles. The molecule has 2 N–H and O–H groups in total. The molecule has 0 aliphatic heterocycles. The number of methoxy groups -OCH3 is 1. The van der Waals surface area contributed by atoms with Crippen LogP contribution in [0.4, 0.5) is 21.8 Å². The zero-order chi connectivity index (χ0) is 22.4. The Balaban J connectivity index is 1.70. The van der Waals surface area contributed by atoms with Crippen molar-refractivity contribution in [3.05, 3.63) is 78.1 Å². The maximum absolute atomic E-state index is 14.3. The van der Waals surface area contributed by atoms with Gasteiger partial charge in [-0.05, 0) is 48.3 Å². The largest absolute Gasteiger partial charge is 0.497 e. The summed E-state index contributed by atoms with van der Waals surface area (Å²) in [6, 6.07) is 7.33. The second-order valence-electron chi connectivity index (χ2n) is 7.36. The monoisotopic (exact) mass is 423 g/mol. The molecule has 2 aromatic rings. The average Bonchev–Trinajstić information content (AvgIpc) is 2.76. The highest BCUT2D eigenvalue weighted by molar-refractivity contribution is 5.86. The molecule has 1 atom stereocenters. The van der Waals surface area contributed by atoms with E-state index in [4.69, 9.17) is 4.74 Å². The van der Waals surface area contributed by atoms with Crippen LogP contribution in [-0.2, 0) is 16.1 Å². The summed E-state index contributed by atoms with van der Waals surface area (Å²) in [5.74, 6) is 0.717. The van der Waals surface area contributed by atoms with Crippen molar-refractivity contribution in [3.8, 4) is 0 Å². The summed E-state index contributed by atoms with van der Waals surface area (Å²) in [5.41, 5.74) is 2.50. The Kier molecular flexibility index (Phi) is 7.02. The molecular weight excluding hydrogens is 397 g/mol. The molecule has 1 aliphatic carbocycles. The lowest BCUT2D eigenvalue weighted by molar-refractivity contribution is -0.125. The summed E-state index contributed by atoms with van der Waals surface area (Å²) in [5, 5.41) is 6.12. The van der Waals surface area contributed by atoms with Crippen LogP contribution in [0.1, 0.15) is 18.9 Å². The first-order valence-corrected chi connectivity index (χ1v) is 9.87. The number of benzene rings is 1. The molecule has 1 aromatic carbocycles. The van der Waals surface area contributed by atoms with Gasteiger partial charge in [0.2, 0.25) is 11.9 Å². The number of anilines is 3. The van der Waals surface area contributed by atoms with Crippen LogP contribution >= 0.6 is 0 Å². The minimum atomic E-state index is -0.561. The summed E-state index contributed by atoms with van der Waals surface area (Å²) >= 11 is 0. The Morgan fingerprint density at radius 1 is 1.35 bits per heavy atom. The summed E-state index contributed by atoms with van der Waals surface area (Å²) in [4.78, 5) is 21.5. The van der Waals surface area contributed by atoms with E-state index in [0.29, 0.717) is 24.1 Å². The van der Waals surface area contributed by atoms with Gasteiger partial charge < -0.3 is 20.3 Å². The number of nitrogens with zero attached hydrogens (tertiary/aromatic N) is 3. The number of ether oxygens (including phenoxy) is 1. The summed E-state index contributed by atoms with van der Waals surface area (Å²) in [6.07, 6.45) is 7.10. The Morgan fingerprint density at radius 3 is 2.77 bits per heavy atom. The number of aromatic nitrogens is 2. The van der Waals surface area contributed by atoms with Crippen molar-refractivity contribution in [2.75, 3.05) is 24.8 Å². The van der Waals surface area contributed by atoms with Crippen LogP contribution in [0.5, 0.6) is 0 Å². The lowest BCUT2D eigenvalue weighted by Crippen LogP contribution is -2.23. The van der Waals surface area contributed by atoms with Gasteiger partial charge in [-0.25, -0.2) is 9.37 Å². The van der Waals surface area contributed by atoms with Gasteiger partial charge in [0.15, 0.2) is 11.6 Å². The van der Waals surface area contributed by atoms with Crippen molar-refractivity contribution < 1.29 is 13.9 Å². The molecular formula is C23H26FN5O2. The van der Waals surface area contributed by atoms with Gasteiger partial charge in [-0.1, -0.05) is 25.6 Å². The van der Waals surface area contributed by atoms with Gasteiger partial charge in [-0.15, -0.1) is 0 Å². The molecule has 0 saturated carbocycles. The van der Waals surface area contributed by atoms with Crippen LogP contribution in [0.25, 0.3) is 0 Å². The molecule has 8 heteroatoms. The van der Waals surface area contributed by atoms with Crippen molar-refractivity contribution >= 4 is 23.4 Å². The van der Waals surface area contributed by atoms with Crippen LogP contribution in [0, 0.1) is 11.7 Å². The van der Waals surface area contributed by atoms with Gasteiger partial charge in [0.25, 0.3) is 0 Å². The van der Waals surface area contributed by atoms with E-state index in [1.54, 1.807) is 31.2 Å². The SMILES string of the molecule is C=CC(=O)N(C)Cc1ccc(Nc2nc(NC3=CC(OC)=CC(C)C3)ncc2F)cc1. The zero-order valence-electron chi connectivity index (χ0n) is 17.9. The van der Waals surface area contributed by atoms with Crippen molar-refractivity contribution in [1.82, 2.24) is 14.9 Å². The Hall–Kier alpha value is -3.68. The molecule has 1 aliphatic rings. The number of rotatable bonds is 8. The molecule has 31 heavy (non-hydrogen) atoms. The fourth-order valence-corrected chi connectivity index (χ4v) is 3.18. The summed E-state index contributed by atoms with van der Waals surface area (Å²) in [7, 11) is 3.32. The normalized spacial score (nSPS) is 15.4. The second kappa shape index (κ2) is 9.88. The van der Waals surface area contributed by atoms with E-state index in [1.165, 1.54) is 6.08 Å².